The van der Waals surface area contributed by atoms with E-state index < -0.39 is 64.4 Å². The number of aliphatic hydroxyl groups is 3. The van der Waals surface area contributed by atoms with Crippen molar-refractivity contribution in [1.82, 2.24) is 0 Å². The summed E-state index contributed by atoms with van der Waals surface area (Å²) in [6, 6.07) is 2.42. The lowest BCUT2D eigenvalue weighted by atomic mass is 10.0. The predicted octanol–water partition coefficient (Wildman–Crippen LogP) is -0.341. The second-order valence-corrected chi connectivity index (χ2v) is 4.94. The standard InChI is InChI=1S/C12H13FN2O9/c13-9-11(18)10(17)8(4-16)24-12(9)23-7-2-1-5(14(19)20)3-6(7)15(21)22/h1-3,8-12,16-18H,4H2/t8-,9-,10-,11-,12+/m1/s1. The van der Waals surface area contributed by atoms with E-state index >= 15 is 0 Å². The van der Waals surface area contributed by atoms with Gasteiger partial charge in [0.05, 0.1) is 22.5 Å². The molecule has 1 saturated heterocycles. The molecule has 132 valence electrons. The van der Waals surface area contributed by atoms with Gasteiger partial charge in [-0.2, -0.15) is 0 Å². The maximum atomic E-state index is 14.0. The molecule has 1 heterocycles. The van der Waals surface area contributed by atoms with Gasteiger partial charge in [-0.25, -0.2) is 4.39 Å². The molecule has 0 unspecified atom stereocenters. The number of nitro groups is 2. The fourth-order valence-corrected chi connectivity index (χ4v) is 2.13. The predicted molar refractivity (Wildman–Crippen MR) is 73.0 cm³/mol. The van der Waals surface area contributed by atoms with Crippen LogP contribution in [0.15, 0.2) is 18.2 Å². The SMILES string of the molecule is O=[N+]([O-])c1ccc(O[C@H]2O[C@H](CO)[C@@H](O)[C@H](O)[C@H]2F)c([N+](=O)[O-])c1. The van der Waals surface area contributed by atoms with Crippen LogP contribution in [0.5, 0.6) is 5.75 Å². The molecule has 0 radical (unpaired) electrons. The van der Waals surface area contributed by atoms with Gasteiger partial charge in [0.1, 0.15) is 18.3 Å². The quantitative estimate of drug-likeness (QED) is 0.476. The van der Waals surface area contributed by atoms with E-state index in [0.717, 1.165) is 12.1 Å². The minimum atomic E-state index is -2.27. The summed E-state index contributed by atoms with van der Waals surface area (Å²) in [5, 5.41) is 49.8. The molecule has 2 rings (SSSR count). The summed E-state index contributed by atoms with van der Waals surface area (Å²) in [6.07, 6.45) is -9.15. The first kappa shape index (κ1) is 17.9. The number of benzene rings is 1. The van der Waals surface area contributed by atoms with Crippen molar-refractivity contribution < 1.29 is 39.0 Å². The van der Waals surface area contributed by atoms with E-state index in [1.54, 1.807) is 0 Å². The van der Waals surface area contributed by atoms with Crippen molar-refractivity contribution in [3.05, 3.63) is 38.4 Å². The molecule has 5 atom stereocenters. The minimum absolute atomic E-state index is 0.529. The monoisotopic (exact) mass is 348 g/mol. The summed E-state index contributed by atoms with van der Waals surface area (Å²) in [5.74, 6) is -0.529. The number of ether oxygens (including phenoxy) is 2. The van der Waals surface area contributed by atoms with Gasteiger partial charge < -0.3 is 24.8 Å². The number of halogens is 1. The highest BCUT2D eigenvalue weighted by Gasteiger charge is 2.46. The Morgan fingerprint density at radius 3 is 2.42 bits per heavy atom. The molecule has 0 amide bonds. The Hall–Kier alpha value is -2.41. The van der Waals surface area contributed by atoms with Crippen molar-refractivity contribution in [2.45, 2.75) is 30.8 Å². The lowest BCUT2D eigenvalue weighted by molar-refractivity contribution is -0.395. The minimum Gasteiger partial charge on any atom is -0.454 e. The molecule has 1 aromatic rings. The lowest BCUT2D eigenvalue weighted by Gasteiger charge is -2.38. The van der Waals surface area contributed by atoms with Crippen LogP contribution in [0.4, 0.5) is 15.8 Å². The number of nitro benzene ring substituents is 2. The van der Waals surface area contributed by atoms with E-state index in [2.05, 4.69) is 0 Å². The van der Waals surface area contributed by atoms with Gasteiger partial charge in [-0.1, -0.05) is 0 Å². The van der Waals surface area contributed by atoms with Crippen molar-refractivity contribution in [1.29, 1.82) is 0 Å². The molecule has 1 aliphatic rings. The maximum absolute atomic E-state index is 14.0. The van der Waals surface area contributed by atoms with Crippen LogP contribution in [0, 0.1) is 20.2 Å². The van der Waals surface area contributed by atoms with Crippen LogP contribution in [0.1, 0.15) is 0 Å². The average Bonchev–Trinajstić information content (AvgIpc) is 2.55. The van der Waals surface area contributed by atoms with Gasteiger partial charge in [-0.05, 0) is 6.07 Å². The molecule has 11 nitrogen and oxygen atoms in total. The zero-order valence-corrected chi connectivity index (χ0v) is 11.9. The van der Waals surface area contributed by atoms with Gasteiger partial charge in [-0.3, -0.25) is 20.2 Å². The molecular weight excluding hydrogens is 335 g/mol. The number of hydrogen-bond donors (Lipinski definition) is 3. The van der Waals surface area contributed by atoms with Gasteiger partial charge in [0.2, 0.25) is 12.0 Å². The molecule has 0 saturated carbocycles. The van der Waals surface area contributed by atoms with Gasteiger partial charge in [-0.15, -0.1) is 0 Å². The van der Waals surface area contributed by atoms with Crippen molar-refractivity contribution in [2.24, 2.45) is 0 Å². The summed E-state index contributed by atoms with van der Waals surface area (Å²) >= 11 is 0. The van der Waals surface area contributed by atoms with E-state index in [1.165, 1.54) is 0 Å². The third kappa shape index (κ3) is 3.41. The first-order chi connectivity index (χ1) is 11.3. The molecule has 12 heteroatoms. The molecule has 1 aromatic carbocycles. The molecule has 1 aliphatic heterocycles. The smallest absolute Gasteiger partial charge is 0.317 e. The summed E-state index contributed by atoms with van der Waals surface area (Å²) in [5.41, 5.74) is -1.37. The highest BCUT2D eigenvalue weighted by atomic mass is 19.1. The summed E-state index contributed by atoms with van der Waals surface area (Å²) in [4.78, 5) is 19.8. The highest BCUT2D eigenvalue weighted by Crippen LogP contribution is 2.34. The fraction of sp³-hybridized carbons (Fsp3) is 0.500. The summed E-state index contributed by atoms with van der Waals surface area (Å²) in [7, 11) is 0. The molecule has 0 bridgehead atoms. The molecule has 0 aliphatic carbocycles. The third-order valence-electron chi connectivity index (χ3n) is 3.40. The second-order valence-electron chi connectivity index (χ2n) is 4.94. The summed E-state index contributed by atoms with van der Waals surface area (Å²) < 4.78 is 23.9. The Morgan fingerprint density at radius 2 is 1.88 bits per heavy atom. The first-order valence-corrected chi connectivity index (χ1v) is 6.62. The van der Waals surface area contributed by atoms with E-state index in [0.29, 0.717) is 6.07 Å². The Morgan fingerprint density at radius 1 is 1.21 bits per heavy atom. The number of non-ortho nitro benzene ring substituents is 1. The van der Waals surface area contributed by atoms with Gasteiger partial charge >= 0.3 is 5.69 Å². The Labute approximate surface area is 133 Å². The number of rotatable bonds is 5. The zero-order chi connectivity index (χ0) is 18.0. The molecule has 3 N–H and O–H groups in total. The van der Waals surface area contributed by atoms with E-state index in [-0.39, 0.29) is 0 Å². The highest BCUT2D eigenvalue weighted by molar-refractivity contribution is 5.53. The Kier molecular flexibility index (Phi) is 5.23. The van der Waals surface area contributed by atoms with E-state index in [4.69, 9.17) is 14.6 Å². The van der Waals surface area contributed by atoms with Crippen molar-refractivity contribution in [2.75, 3.05) is 6.61 Å². The molecule has 0 spiro atoms. The van der Waals surface area contributed by atoms with Gasteiger partial charge in [0, 0.05) is 6.07 Å². The van der Waals surface area contributed by atoms with E-state index in [9.17, 15) is 34.8 Å². The van der Waals surface area contributed by atoms with Crippen LogP contribution in [0.25, 0.3) is 0 Å². The van der Waals surface area contributed by atoms with Crippen molar-refractivity contribution in [3.63, 3.8) is 0 Å². The Balaban J connectivity index is 2.29. The van der Waals surface area contributed by atoms with Crippen LogP contribution in [-0.2, 0) is 4.74 Å². The molecule has 24 heavy (non-hydrogen) atoms. The fourth-order valence-electron chi connectivity index (χ4n) is 2.13. The lowest BCUT2D eigenvalue weighted by Crippen LogP contribution is -2.58. The van der Waals surface area contributed by atoms with Crippen molar-refractivity contribution >= 4 is 11.4 Å². The van der Waals surface area contributed by atoms with Crippen LogP contribution in [0.3, 0.4) is 0 Å². The number of aliphatic hydroxyl groups excluding tert-OH is 3. The van der Waals surface area contributed by atoms with E-state index in [1.807, 2.05) is 0 Å². The van der Waals surface area contributed by atoms with Gasteiger partial charge in [0.25, 0.3) is 5.69 Å². The number of hydrogen-bond acceptors (Lipinski definition) is 9. The number of nitrogens with zero attached hydrogens (tertiary/aromatic N) is 2. The first-order valence-electron chi connectivity index (χ1n) is 6.62. The second kappa shape index (κ2) is 7.00. The van der Waals surface area contributed by atoms with Crippen LogP contribution in [-0.4, -0.2) is 62.5 Å². The average molecular weight is 348 g/mol. The zero-order valence-electron chi connectivity index (χ0n) is 11.9. The number of alkyl halides is 1. The van der Waals surface area contributed by atoms with Crippen LogP contribution < -0.4 is 4.74 Å². The maximum Gasteiger partial charge on any atom is 0.317 e. The largest absolute Gasteiger partial charge is 0.454 e. The molecular formula is C12H13FN2O9. The molecule has 0 aromatic heterocycles. The third-order valence-corrected chi connectivity index (χ3v) is 3.40. The topological polar surface area (TPSA) is 165 Å². The normalized spacial score (nSPS) is 29.9. The van der Waals surface area contributed by atoms with Gasteiger partial charge in [0.15, 0.2) is 6.17 Å². The Bertz CT molecular complexity index is 641. The molecule has 1 fully saturated rings. The van der Waals surface area contributed by atoms with Crippen molar-refractivity contribution in [3.8, 4) is 5.75 Å². The van der Waals surface area contributed by atoms with Crippen LogP contribution >= 0.6 is 0 Å². The summed E-state index contributed by atoms with van der Waals surface area (Å²) in [6.45, 7) is -0.757. The van der Waals surface area contributed by atoms with Crippen LogP contribution in [0.2, 0.25) is 0 Å².